The molecule has 0 radical (unpaired) electrons. The second-order valence-corrected chi connectivity index (χ2v) is 8.38. The minimum Gasteiger partial charge on any atom is -0.461 e. The maximum Gasteiger partial charge on any atom is 0.355 e. The van der Waals surface area contributed by atoms with Gasteiger partial charge in [-0.1, -0.05) is 17.7 Å². The summed E-state index contributed by atoms with van der Waals surface area (Å²) in [5, 5.41) is 0.523. The van der Waals surface area contributed by atoms with Gasteiger partial charge in [-0.05, 0) is 62.7 Å². The van der Waals surface area contributed by atoms with Crippen LogP contribution in [0, 0.1) is 13.8 Å². The lowest BCUT2D eigenvalue weighted by molar-refractivity contribution is 0.0514. The number of halogens is 1. The highest BCUT2D eigenvalue weighted by atomic mass is 35.5. The minimum absolute atomic E-state index is 0.137. The van der Waals surface area contributed by atoms with Crippen molar-refractivity contribution in [3.63, 3.8) is 0 Å². The zero-order valence-electron chi connectivity index (χ0n) is 19.8. The number of ketones is 1. The minimum atomic E-state index is -0.478. The van der Waals surface area contributed by atoms with Gasteiger partial charge < -0.3 is 14.2 Å². The molecule has 7 nitrogen and oxygen atoms in total. The van der Waals surface area contributed by atoms with Crippen LogP contribution in [0.1, 0.15) is 55.1 Å². The van der Waals surface area contributed by atoms with Crippen LogP contribution in [0.25, 0.3) is 0 Å². The molecule has 3 rings (SSSR count). The first-order chi connectivity index (χ1) is 16.2. The molecule has 34 heavy (non-hydrogen) atoms. The molecule has 0 bridgehead atoms. The molecule has 0 aliphatic rings. The highest BCUT2D eigenvalue weighted by Crippen LogP contribution is 2.23. The van der Waals surface area contributed by atoms with E-state index < -0.39 is 5.97 Å². The fraction of sp³-hybridized carbons (Fsp3) is 0.308. The number of rotatable bonds is 9. The second-order valence-electron chi connectivity index (χ2n) is 7.94. The molecule has 0 saturated heterocycles. The molecule has 2 aromatic heterocycles. The number of benzene rings is 1. The van der Waals surface area contributed by atoms with Crippen LogP contribution in [0.4, 0.5) is 0 Å². The van der Waals surface area contributed by atoms with Crippen LogP contribution in [0.15, 0.2) is 48.7 Å². The number of hydrogen-bond donors (Lipinski definition) is 0. The Balaban J connectivity index is 1.90. The van der Waals surface area contributed by atoms with E-state index in [1.165, 1.54) is 4.90 Å². The normalized spacial score (nSPS) is 10.7. The van der Waals surface area contributed by atoms with Gasteiger partial charge in [0.1, 0.15) is 5.69 Å². The Morgan fingerprint density at radius 1 is 1.09 bits per heavy atom. The van der Waals surface area contributed by atoms with Crippen molar-refractivity contribution in [2.45, 2.75) is 27.2 Å². The third kappa shape index (κ3) is 5.54. The smallest absolute Gasteiger partial charge is 0.355 e. The summed E-state index contributed by atoms with van der Waals surface area (Å²) >= 11 is 5.97. The lowest BCUT2D eigenvalue weighted by atomic mass is 10.0. The van der Waals surface area contributed by atoms with E-state index in [0.29, 0.717) is 46.1 Å². The Labute approximate surface area is 204 Å². The first-order valence-electron chi connectivity index (χ1n) is 11.1. The van der Waals surface area contributed by atoms with Crippen LogP contribution >= 0.6 is 11.6 Å². The Morgan fingerprint density at radius 3 is 2.41 bits per heavy atom. The number of nitrogens with zero attached hydrogens (tertiary/aromatic N) is 3. The Morgan fingerprint density at radius 2 is 1.79 bits per heavy atom. The number of carbonyl (C=O) groups excluding carboxylic acids is 3. The molecule has 3 aromatic rings. The first kappa shape index (κ1) is 25.2. The molecule has 0 saturated carbocycles. The van der Waals surface area contributed by atoms with E-state index in [4.69, 9.17) is 16.3 Å². The monoisotopic (exact) mass is 481 g/mol. The largest absolute Gasteiger partial charge is 0.461 e. The number of hydrogen-bond acceptors (Lipinski definition) is 5. The average molecular weight is 482 g/mol. The van der Waals surface area contributed by atoms with Crippen molar-refractivity contribution in [3.8, 4) is 0 Å². The molecule has 0 atom stereocenters. The molecule has 1 aromatic carbocycles. The first-order valence-corrected chi connectivity index (χ1v) is 11.4. The Hall–Kier alpha value is -3.45. The third-order valence-electron chi connectivity index (χ3n) is 5.76. The number of aromatic nitrogens is 2. The van der Waals surface area contributed by atoms with Crippen molar-refractivity contribution in [2.24, 2.45) is 7.05 Å². The molecule has 0 unspecified atom stereocenters. The van der Waals surface area contributed by atoms with E-state index >= 15 is 0 Å². The predicted molar refractivity (Wildman–Crippen MR) is 130 cm³/mol. The molecule has 0 aliphatic carbocycles. The van der Waals surface area contributed by atoms with Crippen molar-refractivity contribution in [1.29, 1.82) is 0 Å². The lowest BCUT2D eigenvalue weighted by Crippen LogP contribution is -2.37. The number of ether oxygens (including phenoxy) is 1. The topological polar surface area (TPSA) is 81.5 Å². The summed E-state index contributed by atoms with van der Waals surface area (Å²) in [7, 11) is 1.73. The Bertz CT molecular complexity index is 1190. The summed E-state index contributed by atoms with van der Waals surface area (Å²) in [5.41, 5.74) is 3.22. The van der Waals surface area contributed by atoms with Gasteiger partial charge in [0.25, 0.3) is 5.91 Å². The molecule has 0 fully saturated rings. The number of esters is 1. The van der Waals surface area contributed by atoms with Gasteiger partial charge in [-0.15, -0.1) is 0 Å². The predicted octanol–water partition coefficient (Wildman–Crippen LogP) is 4.43. The van der Waals surface area contributed by atoms with Crippen molar-refractivity contribution >= 4 is 29.3 Å². The quantitative estimate of drug-likeness (QED) is 0.333. The summed E-state index contributed by atoms with van der Waals surface area (Å²) in [6, 6.07) is 12.2. The number of pyridine rings is 1. The molecule has 0 N–H and O–H groups in total. The number of amides is 1. The van der Waals surface area contributed by atoms with Crippen LogP contribution in [0.3, 0.4) is 0 Å². The summed E-state index contributed by atoms with van der Waals surface area (Å²) in [4.78, 5) is 45.0. The van der Waals surface area contributed by atoms with E-state index in [1.807, 2.05) is 18.2 Å². The van der Waals surface area contributed by atoms with E-state index in [9.17, 15) is 14.4 Å². The molecule has 2 heterocycles. The van der Waals surface area contributed by atoms with Crippen LogP contribution in [0.5, 0.6) is 0 Å². The van der Waals surface area contributed by atoms with Crippen molar-refractivity contribution in [2.75, 3.05) is 19.7 Å². The maximum absolute atomic E-state index is 13.4. The Kier molecular flexibility index (Phi) is 8.23. The second kappa shape index (κ2) is 11.1. The van der Waals surface area contributed by atoms with Gasteiger partial charge in [-0.2, -0.15) is 0 Å². The zero-order valence-corrected chi connectivity index (χ0v) is 20.6. The molecule has 1 amide bonds. The zero-order chi connectivity index (χ0) is 24.8. The van der Waals surface area contributed by atoms with Gasteiger partial charge in [0, 0.05) is 53.7 Å². The van der Waals surface area contributed by atoms with Crippen LogP contribution < -0.4 is 0 Å². The molecular formula is C26H28ClN3O4. The lowest BCUT2D eigenvalue weighted by Gasteiger charge is -2.22. The van der Waals surface area contributed by atoms with E-state index in [2.05, 4.69) is 4.98 Å². The van der Waals surface area contributed by atoms with Crippen molar-refractivity contribution in [1.82, 2.24) is 14.5 Å². The standard InChI is InChI=1S/C26H28ClN3O4/c1-5-34-26(33)24-17(2)23(18(3)29(24)4)22(31)16-30(15-13-21-8-6-7-14-28-21)25(32)19-9-11-20(27)12-10-19/h6-12,14H,5,13,15-16H2,1-4H3. The molecule has 0 aliphatic heterocycles. The van der Waals surface area contributed by atoms with E-state index in [-0.39, 0.29) is 24.8 Å². The van der Waals surface area contributed by atoms with Gasteiger partial charge in [-0.25, -0.2) is 4.79 Å². The van der Waals surface area contributed by atoms with Crippen LogP contribution in [-0.2, 0) is 18.2 Å². The molecule has 8 heteroatoms. The summed E-state index contributed by atoms with van der Waals surface area (Å²) in [6.45, 7) is 5.65. The number of carbonyl (C=O) groups is 3. The van der Waals surface area contributed by atoms with Crippen molar-refractivity contribution < 1.29 is 19.1 Å². The summed E-state index contributed by atoms with van der Waals surface area (Å²) in [5.74, 6) is -1.00. The molecule has 178 valence electrons. The third-order valence-corrected chi connectivity index (χ3v) is 6.01. The van der Waals surface area contributed by atoms with E-state index in [1.54, 1.807) is 62.8 Å². The number of Topliss-reactive ketones (excluding diaryl/α,β-unsaturated/α-hetero) is 1. The van der Waals surface area contributed by atoms with Crippen LogP contribution in [-0.4, -0.2) is 51.8 Å². The van der Waals surface area contributed by atoms with E-state index in [0.717, 1.165) is 5.69 Å². The maximum atomic E-state index is 13.4. The van der Waals surface area contributed by atoms with Gasteiger partial charge in [-0.3, -0.25) is 14.6 Å². The summed E-state index contributed by atoms with van der Waals surface area (Å²) < 4.78 is 6.83. The van der Waals surface area contributed by atoms with Gasteiger partial charge in [0.15, 0.2) is 5.78 Å². The van der Waals surface area contributed by atoms with Gasteiger partial charge in [0.05, 0.1) is 13.2 Å². The fourth-order valence-electron chi connectivity index (χ4n) is 3.95. The highest BCUT2D eigenvalue weighted by molar-refractivity contribution is 6.30. The summed E-state index contributed by atoms with van der Waals surface area (Å²) in [6.07, 6.45) is 2.19. The SMILES string of the molecule is CCOC(=O)c1c(C)c(C(=O)CN(CCc2ccccn2)C(=O)c2ccc(Cl)cc2)c(C)n1C. The van der Waals surface area contributed by atoms with Gasteiger partial charge >= 0.3 is 5.97 Å². The van der Waals surface area contributed by atoms with Crippen molar-refractivity contribution in [3.05, 3.63) is 87.5 Å². The molecule has 0 spiro atoms. The van der Waals surface area contributed by atoms with Gasteiger partial charge in [0.2, 0.25) is 0 Å². The van der Waals surface area contributed by atoms with Crippen LogP contribution in [0.2, 0.25) is 5.02 Å². The molecular weight excluding hydrogens is 454 g/mol. The highest BCUT2D eigenvalue weighted by Gasteiger charge is 2.28. The average Bonchev–Trinajstić information content (AvgIpc) is 3.05. The fourth-order valence-corrected chi connectivity index (χ4v) is 4.08.